The predicted octanol–water partition coefficient (Wildman–Crippen LogP) is 3.02. The van der Waals surface area contributed by atoms with Crippen molar-refractivity contribution < 1.29 is 4.74 Å². The summed E-state index contributed by atoms with van der Waals surface area (Å²) in [5.74, 6) is 0.562. The van der Waals surface area contributed by atoms with Crippen molar-refractivity contribution in [1.82, 2.24) is 10.3 Å². The Morgan fingerprint density at radius 3 is 3.17 bits per heavy atom. The fraction of sp³-hybridized carbons (Fsp3) is 0.786. The van der Waals surface area contributed by atoms with Crippen LogP contribution in [0.1, 0.15) is 60.1 Å². The molecular weight excluding hydrogens is 244 g/mol. The minimum atomic E-state index is 0.558. The van der Waals surface area contributed by atoms with Gasteiger partial charge >= 0.3 is 0 Å². The van der Waals surface area contributed by atoms with E-state index in [4.69, 9.17) is 9.72 Å². The Morgan fingerprint density at radius 2 is 2.39 bits per heavy atom. The first-order valence-electron chi connectivity index (χ1n) is 7.19. The topological polar surface area (TPSA) is 34.2 Å². The summed E-state index contributed by atoms with van der Waals surface area (Å²) in [6, 6.07) is 0.558. The lowest BCUT2D eigenvalue weighted by Crippen LogP contribution is -2.24. The van der Waals surface area contributed by atoms with Gasteiger partial charge in [0.2, 0.25) is 0 Å². The van der Waals surface area contributed by atoms with Gasteiger partial charge in [-0.15, -0.1) is 11.3 Å². The van der Waals surface area contributed by atoms with E-state index in [-0.39, 0.29) is 0 Å². The smallest absolute Gasteiger partial charge is 0.0986 e. The molecule has 4 heteroatoms. The second-order valence-electron chi connectivity index (χ2n) is 5.32. The molecule has 1 aromatic rings. The van der Waals surface area contributed by atoms with Crippen molar-refractivity contribution in [3.63, 3.8) is 0 Å². The fourth-order valence-electron chi connectivity index (χ4n) is 2.86. The zero-order valence-corrected chi connectivity index (χ0v) is 11.9. The number of nitrogens with one attached hydrogen (secondary N) is 1. The van der Waals surface area contributed by atoms with Gasteiger partial charge in [-0.3, -0.25) is 0 Å². The van der Waals surface area contributed by atoms with Gasteiger partial charge in [0.25, 0.3) is 0 Å². The Bertz CT molecular complexity index is 398. The van der Waals surface area contributed by atoms with Gasteiger partial charge in [-0.05, 0) is 38.6 Å². The summed E-state index contributed by atoms with van der Waals surface area (Å²) < 4.78 is 5.49. The molecule has 0 aromatic carbocycles. The zero-order chi connectivity index (χ0) is 12.4. The SMILES string of the molecule is CCCNC1CCCc2nc(C3CCOC3)sc21. The number of aromatic nitrogens is 1. The molecule has 1 N–H and O–H groups in total. The maximum absolute atomic E-state index is 5.49. The van der Waals surface area contributed by atoms with Gasteiger partial charge in [0.1, 0.15) is 0 Å². The molecule has 1 fully saturated rings. The number of thiazole rings is 1. The van der Waals surface area contributed by atoms with E-state index < -0.39 is 0 Å². The standard InChI is InChI=1S/C14H22N2OS/c1-2-7-15-11-4-3-5-12-13(11)18-14(16-12)10-6-8-17-9-10/h10-11,15H,2-9H2,1H3. The molecule has 3 nitrogen and oxygen atoms in total. The zero-order valence-electron chi connectivity index (χ0n) is 11.1. The minimum absolute atomic E-state index is 0.558. The van der Waals surface area contributed by atoms with Crippen molar-refractivity contribution >= 4 is 11.3 Å². The Morgan fingerprint density at radius 1 is 1.44 bits per heavy atom. The first-order chi connectivity index (χ1) is 8.88. The van der Waals surface area contributed by atoms with Gasteiger partial charge in [-0.25, -0.2) is 4.98 Å². The van der Waals surface area contributed by atoms with Gasteiger partial charge in [0.05, 0.1) is 17.3 Å². The lowest BCUT2D eigenvalue weighted by atomic mass is 9.98. The van der Waals surface area contributed by atoms with Crippen molar-refractivity contribution in [2.75, 3.05) is 19.8 Å². The number of fused-ring (bicyclic) bond motifs is 1. The second kappa shape index (κ2) is 5.68. The molecule has 0 amide bonds. The van der Waals surface area contributed by atoms with Gasteiger partial charge < -0.3 is 10.1 Å². The van der Waals surface area contributed by atoms with Crippen molar-refractivity contribution in [2.45, 2.75) is 51.0 Å². The summed E-state index contributed by atoms with van der Waals surface area (Å²) in [7, 11) is 0. The van der Waals surface area contributed by atoms with Crippen molar-refractivity contribution in [3.8, 4) is 0 Å². The quantitative estimate of drug-likeness (QED) is 0.909. The highest BCUT2D eigenvalue weighted by atomic mass is 32.1. The molecule has 1 aliphatic heterocycles. The van der Waals surface area contributed by atoms with Crippen LogP contribution in [0, 0.1) is 0 Å². The molecule has 0 bridgehead atoms. The molecule has 0 saturated carbocycles. The van der Waals surface area contributed by atoms with Crippen LogP contribution in [0.3, 0.4) is 0 Å². The van der Waals surface area contributed by atoms with Gasteiger partial charge in [0.15, 0.2) is 0 Å². The molecule has 1 saturated heterocycles. The van der Waals surface area contributed by atoms with E-state index in [0.717, 1.165) is 26.2 Å². The van der Waals surface area contributed by atoms with E-state index in [1.807, 2.05) is 11.3 Å². The summed E-state index contributed by atoms with van der Waals surface area (Å²) in [4.78, 5) is 6.40. The number of hydrogen-bond acceptors (Lipinski definition) is 4. The minimum Gasteiger partial charge on any atom is -0.381 e. The molecule has 2 atom stereocenters. The van der Waals surface area contributed by atoms with E-state index in [2.05, 4.69) is 12.2 Å². The molecule has 2 heterocycles. The van der Waals surface area contributed by atoms with Crippen LogP contribution in [0.4, 0.5) is 0 Å². The normalized spacial score (nSPS) is 27.4. The Kier molecular flexibility index (Phi) is 3.97. The summed E-state index contributed by atoms with van der Waals surface area (Å²) in [5.41, 5.74) is 1.36. The summed E-state index contributed by atoms with van der Waals surface area (Å²) >= 11 is 1.94. The molecule has 100 valence electrons. The number of rotatable bonds is 4. The highest BCUT2D eigenvalue weighted by Crippen LogP contribution is 2.38. The van der Waals surface area contributed by atoms with Crippen LogP contribution in [-0.2, 0) is 11.2 Å². The third kappa shape index (κ3) is 2.46. The van der Waals surface area contributed by atoms with Crippen LogP contribution < -0.4 is 5.32 Å². The maximum Gasteiger partial charge on any atom is 0.0986 e. The predicted molar refractivity (Wildman–Crippen MR) is 74.3 cm³/mol. The van der Waals surface area contributed by atoms with Crippen LogP contribution >= 0.6 is 11.3 Å². The summed E-state index contributed by atoms with van der Waals surface area (Å²) in [6.07, 6.45) is 6.08. The number of aryl methyl sites for hydroxylation is 1. The highest BCUT2D eigenvalue weighted by molar-refractivity contribution is 7.12. The van der Waals surface area contributed by atoms with E-state index in [1.165, 1.54) is 41.3 Å². The van der Waals surface area contributed by atoms with Crippen LogP contribution in [0.5, 0.6) is 0 Å². The molecular formula is C14H22N2OS. The summed E-state index contributed by atoms with van der Waals surface area (Å²) in [5, 5.41) is 4.99. The van der Waals surface area contributed by atoms with Gasteiger partial charge in [0, 0.05) is 23.4 Å². The second-order valence-corrected chi connectivity index (χ2v) is 6.38. The Hall–Kier alpha value is -0.450. The molecule has 0 radical (unpaired) electrons. The van der Waals surface area contributed by atoms with E-state index >= 15 is 0 Å². The van der Waals surface area contributed by atoms with Gasteiger partial charge in [-0.1, -0.05) is 6.92 Å². The molecule has 2 aliphatic rings. The first-order valence-corrected chi connectivity index (χ1v) is 8.00. The fourth-order valence-corrected chi connectivity index (χ4v) is 4.20. The summed E-state index contributed by atoms with van der Waals surface area (Å²) in [6.45, 7) is 5.13. The van der Waals surface area contributed by atoms with Crippen molar-refractivity contribution in [3.05, 3.63) is 15.6 Å². The van der Waals surface area contributed by atoms with Crippen LogP contribution in [0.15, 0.2) is 0 Å². The van der Waals surface area contributed by atoms with Crippen LogP contribution in [0.25, 0.3) is 0 Å². The molecule has 1 aliphatic carbocycles. The number of hydrogen-bond donors (Lipinski definition) is 1. The molecule has 1 aromatic heterocycles. The maximum atomic E-state index is 5.49. The average Bonchev–Trinajstić information content (AvgIpc) is 3.03. The lowest BCUT2D eigenvalue weighted by Gasteiger charge is -2.22. The van der Waals surface area contributed by atoms with Crippen LogP contribution in [0.2, 0.25) is 0 Å². The molecule has 3 rings (SSSR count). The first kappa shape index (κ1) is 12.6. The number of ether oxygens (including phenoxy) is 1. The van der Waals surface area contributed by atoms with E-state index in [9.17, 15) is 0 Å². The van der Waals surface area contributed by atoms with E-state index in [0.29, 0.717) is 12.0 Å². The lowest BCUT2D eigenvalue weighted by molar-refractivity contribution is 0.194. The highest BCUT2D eigenvalue weighted by Gasteiger charge is 2.28. The third-order valence-corrected chi connectivity index (χ3v) is 5.26. The molecule has 0 spiro atoms. The van der Waals surface area contributed by atoms with Crippen LogP contribution in [-0.4, -0.2) is 24.7 Å². The van der Waals surface area contributed by atoms with Crippen molar-refractivity contribution in [2.24, 2.45) is 0 Å². The largest absolute Gasteiger partial charge is 0.381 e. The monoisotopic (exact) mass is 266 g/mol. The molecule has 18 heavy (non-hydrogen) atoms. The van der Waals surface area contributed by atoms with Crippen molar-refractivity contribution in [1.29, 1.82) is 0 Å². The Balaban J connectivity index is 1.78. The number of nitrogens with zero attached hydrogens (tertiary/aromatic N) is 1. The van der Waals surface area contributed by atoms with Gasteiger partial charge in [-0.2, -0.15) is 0 Å². The molecule has 2 unspecified atom stereocenters. The average molecular weight is 266 g/mol. The Labute approximate surface area is 113 Å². The van der Waals surface area contributed by atoms with E-state index in [1.54, 1.807) is 0 Å². The third-order valence-electron chi connectivity index (χ3n) is 3.89.